The number of aromatic amines is 1. The molecule has 36 nitrogen and oxygen atoms in total. The number of hydrogen-bond acceptors (Lipinski definition) is 20. The van der Waals surface area contributed by atoms with E-state index in [1.807, 2.05) is 54.6 Å². The van der Waals surface area contributed by atoms with Crippen LogP contribution in [0.1, 0.15) is 93.9 Å². The molecule has 110 heavy (non-hydrogen) atoms. The number of carbonyl (C=O) groups excluding carboxylic acids is 13. The van der Waals surface area contributed by atoms with Crippen LogP contribution in [0.4, 0.5) is 4.79 Å². The van der Waals surface area contributed by atoms with Crippen LogP contribution in [0.25, 0.3) is 22.0 Å². The topological polar surface area (TPSA) is 578 Å². The summed E-state index contributed by atoms with van der Waals surface area (Å²) in [5, 5.41) is 66.1. The number of hydrogen-bond donors (Lipinski definition) is 22. The lowest BCUT2D eigenvalue weighted by molar-refractivity contribution is -0.146. The summed E-state index contributed by atoms with van der Waals surface area (Å²) in [4.78, 5) is 195. The average Bonchev–Trinajstić information content (AvgIpc) is 1.62. The summed E-state index contributed by atoms with van der Waals surface area (Å²) in [6.45, 7) is 6.71. The molecule has 23 N–H and O–H groups in total. The maximum atomic E-state index is 14.5. The van der Waals surface area contributed by atoms with E-state index in [4.69, 9.17) is 32.8 Å². The summed E-state index contributed by atoms with van der Waals surface area (Å²) in [5.41, 5.74) is 21.6. The largest absolute Gasteiger partial charge is 0.481 e. The van der Waals surface area contributed by atoms with Crippen LogP contribution >= 0.6 is 25.3 Å². The number of aliphatic hydroxyl groups is 1. The van der Waals surface area contributed by atoms with E-state index in [-0.39, 0.29) is 107 Å². The minimum Gasteiger partial charge on any atom is -0.481 e. The number of aromatic nitrogens is 1. The molecule has 12 amide bonds. The maximum Gasteiger partial charge on any atom is 0.407 e. The maximum absolute atomic E-state index is 14.5. The van der Waals surface area contributed by atoms with E-state index >= 15 is 0 Å². The Balaban J connectivity index is 1.07. The van der Waals surface area contributed by atoms with Crippen molar-refractivity contribution in [3.63, 3.8) is 0 Å². The fourth-order valence-corrected chi connectivity index (χ4v) is 13.0. The van der Waals surface area contributed by atoms with Crippen LogP contribution in [0, 0.1) is 16.7 Å². The monoisotopic (exact) mass is 1560 g/mol. The fourth-order valence-electron chi connectivity index (χ4n) is 12.5. The summed E-state index contributed by atoms with van der Waals surface area (Å²) in [7, 11) is 0. The number of ether oxygens (including phenoxy) is 1. The van der Waals surface area contributed by atoms with Gasteiger partial charge in [0.15, 0.2) is 17.7 Å². The summed E-state index contributed by atoms with van der Waals surface area (Å²) in [6, 6.07) is 9.39. The molecule has 0 saturated carbocycles. The molecule has 38 heteroatoms. The average molecular weight is 1560 g/mol. The van der Waals surface area contributed by atoms with E-state index in [0.29, 0.717) is 11.2 Å². The van der Waals surface area contributed by atoms with Crippen molar-refractivity contribution in [3.05, 3.63) is 121 Å². The zero-order valence-corrected chi connectivity index (χ0v) is 62.3. The third-order valence-corrected chi connectivity index (χ3v) is 18.8. The van der Waals surface area contributed by atoms with E-state index in [9.17, 15) is 77.3 Å². The van der Waals surface area contributed by atoms with Gasteiger partial charge in [-0.3, -0.25) is 73.1 Å². The first kappa shape index (κ1) is 87.4. The zero-order chi connectivity index (χ0) is 80.7. The third-order valence-electron chi connectivity index (χ3n) is 18.1. The molecule has 1 aliphatic heterocycles. The van der Waals surface area contributed by atoms with E-state index in [1.54, 1.807) is 24.3 Å². The van der Waals surface area contributed by atoms with Crippen LogP contribution in [-0.4, -0.2) is 226 Å². The molecular weight excluding hydrogens is 1470 g/mol. The van der Waals surface area contributed by atoms with E-state index < -0.39 is 181 Å². The molecule has 0 radical (unpaired) electrons. The summed E-state index contributed by atoms with van der Waals surface area (Å²) in [5.74, 6) is -15.7. The number of benzene rings is 3. The predicted molar refractivity (Wildman–Crippen MR) is 410 cm³/mol. The Morgan fingerprint density at radius 1 is 0.609 bits per heavy atom. The Kier molecular flexibility index (Phi) is 34.5. The lowest BCUT2D eigenvalue weighted by Crippen LogP contribution is -2.60. The number of nitrogens with zero attached hydrogens (tertiary/aromatic N) is 1. The number of guanidine groups is 2. The Morgan fingerprint density at radius 2 is 1.12 bits per heavy atom. The molecular formula is C72H97N19O17S2. The van der Waals surface area contributed by atoms with Crippen molar-refractivity contribution in [1.82, 2.24) is 73.7 Å². The number of likely N-dealkylation sites (tertiary alicyclic amines) is 1. The smallest absolute Gasteiger partial charge is 0.407 e. The molecule has 594 valence electrons. The van der Waals surface area contributed by atoms with Crippen LogP contribution in [-0.2, 0) is 73.5 Å². The standard InChI is InChI=1S/C72H97N19O17S2/c1-4-15-48(60(73)97)84-64(101)50(24-13-27-79-71(76)77)86-65(102)51(31-41-29-39-17-6-11-23-47(39)82-41)87-61(98)38(3)81-67(104)55(37-110)90-62(99)40(18-12-26-78-70(74)75)30-57(93)56-25-14-28-91(56)69(106)52(32-59(95)96)88-66(103)53(34-92)89-63(100)49(16-5-2)85-68(105)54(36-109)83-58(94)33-80-72(107)108-35-46-44-21-9-7-19-42(44)43-20-8-10-22-45(43)46/h4-11,17,19-23,29,38,40,46,48-56,82,92,109-110H,1-2,12-16,18,24-28,30-37H2,3H3,(H2,73,97)(H,80,107)(H,81,104)(H,83,94)(H,84,101)(H,85,105)(H,86,102)(H,87,98)(H,88,103)(H,89,100)(H,90,99)(H,95,96)(H4,74,75,78)(H4,76,77,79)/t38-,40+,48-,49-,50-,51-,52-,53-,54-,55-,56?/m0/s1. The lowest BCUT2D eigenvalue weighted by atomic mass is 9.92. The van der Waals surface area contributed by atoms with Gasteiger partial charge in [-0.1, -0.05) is 78.9 Å². The number of Topliss-reactive ketones (excluding diaryl/α,β-unsaturated/α-hetero) is 1. The minimum atomic E-state index is -1.92. The van der Waals surface area contributed by atoms with Crippen molar-refractivity contribution in [1.29, 1.82) is 10.8 Å². The highest BCUT2D eigenvalue weighted by molar-refractivity contribution is 7.80. The number of primary amides is 1. The number of carbonyl (C=O) groups is 14. The molecule has 3 aromatic carbocycles. The number of amides is 12. The van der Waals surface area contributed by atoms with Gasteiger partial charge in [-0.2, -0.15) is 25.3 Å². The molecule has 4 aromatic rings. The van der Waals surface area contributed by atoms with Crippen LogP contribution in [0.5, 0.6) is 0 Å². The van der Waals surface area contributed by atoms with Gasteiger partial charge < -0.3 is 106 Å². The molecule has 1 aliphatic carbocycles. The second-order valence-electron chi connectivity index (χ2n) is 26.2. The van der Waals surface area contributed by atoms with Crippen molar-refractivity contribution in [2.24, 2.45) is 23.1 Å². The number of rotatable bonds is 45. The number of para-hydroxylation sites is 1. The number of carboxylic acids is 1. The molecule has 0 bridgehead atoms. The molecule has 1 unspecified atom stereocenters. The number of thiol groups is 2. The normalized spacial score (nSPS) is 15.5. The number of ketones is 1. The zero-order valence-electron chi connectivity index (χ0n) is 60.5. The number of carboxylic acid groups (broad SMARTS) is 1. The van der Waals surface area contributed by atoms with Gasteiger partial charge in [0.2, 0.25) is 65.0 Å². The fraction of sp³-hybridized carbons (Fsp3) is 0.444. The van der Waals surface area contributed by atoms with Gasteiger partial charge in [0, 0.05) is 67.0 Å². The van der Waals surface area contributed by atoms with Gasteiger partial charge in [-0.05, 0) is 98.1 Å². The van der Waals surface area contributed by atoms with Gasteiger partial charge in [0.1, 0.15) is 67.5 Å². The van der Waals surface area contributed by atoms with E-state index in [0.717, 1.165) is 32.5 Å². The Labute approximate surface area is 644 Å². The number of alkyl carbamates (subject to hydrolysis) is 1. The first-order chi connectivity index (χ1) is 52.5. The van der Waals surface area contributed by atoms with Crippen LogP contribution in [0.15, 0.2) is 104 Å². The van der Waals surface area contributed by atoms with Crippen molar-refractivity contribution < 1.29 is 82.1 Å². The second kappa shape index (κ2) is 43.5. The highest BCUT2D eigenvalue weighted by Crippen LogP contribution is 2.44. The highest BCUT2D eigenvalue weighted by atomic mass is 32.1. The summed E-state index contributed by atoms with van der Waals surface area (Å²) in [6.07, 6.45) is -0.104. The predicted octanol–water partition coefficient (Wildman–Crippen LogP) is -2.31. The van der Waals surface area contributed by atoms with Crippen LogP contribution in [0.2, 0.25) is 0 Å². The number of H-pyrrole nitrogens is 1. The van der Waals surface area contributed by atoms with E-state index in [2.05, 4.69) is 107 Å². The van der Waals surface area contributed by atoms with Crippen molar-refractivity contribution in [2.45, 2.75) is 144 Å². The molecule has 11 atom stereocenters. The molecule has 1 saturated heterocycles. The van der Waals surface area contributed by atoms with Crippen molar-refractivity contribution in [3.8, 4) is 11.1 Å². The third kappa shape index (κ3) is 26.1. The first-order valence-electron chi connectivity index (χ1n) is 35.4. The number of nitrogens with one attached hydrogen (secondary N) is 15. The SMILES string of the molecule is C=CC[C@H](NC(=O)[C@H](CCCNC(=N)N)NC(=O)[C@H](Cc1cc2ccccc2[nH]1)NC(=O)[C@H](C)NC(=O)[C@H](CS)NC(=O)[C@H](CCCNC(=N)N)CC(=O)C1CCCN1C(=O)[C@H](CC(=O)O)NC(=O)[C@H](CO)NC(=O)[C@H](CC=C)NC(=O)[C@H](CS)NC(=O)CNC(=O)OCC1c2ccccc2-c2ccccc21)C(N)=O. The van der Waals surface area contributed by atoms with Crippen LogP contribution in [0.3, 0.4) is 0 Å². The van der Waals surface area contributed by atoms with Gasteiger partial charge in [0.25, 0.3) is 0 Å². The Bertz CT molecular complexity index is 3970. The van der Waals surface area contributed by atoms with Crippen molar-refractivity contribution in [2.75, 3.05) is 50.9 Å². The Morgan fingerprint density at radius 3 is 1.72 bits per heavy atom. The number of aliphatic carboxylic acids is 1. The number of nitrogens with two attached hydrogens (primary N) is 3. The molecule has 1 aromatic heterocycles. The molecule has 6 rings (SSSR count). The van der Waals surface area contributed by atoms with Crippen LogP contribution < -0.4 is 81.0 Å². The molecule has 2 heterocycles. The molecule has 2 aliphatic rings. The summed E-state index contributed by atoms with van der Waals surface area (Å²) < 4.78 is 5.49. The van der Waals surface area contributed by atoms with Gasteiger partial charge in [0.05, 0.1) is 19.1 Å². The molecule has 0 spiro atoms. The number of aliphatic hydroxyl groups excluding tert-OH is 1. The molecule has 1 fully saturated rings. The van der Waals surface area contributed by atoms with E-state index in [1.165, 1.54) is 19.1 Å². The van der Waals surface area contributed by atoms with Crippen molar-refractivity contribution >= 4 is 131 Å². The number of fused-ring (bicyclic) bond motifs is 4. The summed E-state index contributed by atoms with van der Waals surface area (Å²) >= 11 is 8.48. The second-order valence-corrected chi connectivity index (χ2v) is 26.9. The highest BCUT2D eigenvalue weighted by Gasteiger charge is 2.42. The van der Waals surface area contributed by atoms with Gasteiger partial charge >= 0.3 is 12.1 Å². The van der Waals surface area contributed by atoms with Gasteiger partial charge in [-0.25, -0.2) is 4.79 Å². The lowest BCUT2D eigenvalue weighted by Gasteiger charge is -2.30. The first-order valence-corrected chi connectivity index (χ1v) is 36.7. The van der Waals surface area contributed by atoms with Gasteiger partial charge in [-0.15, -0.1) is 13.2 Å². The Hall–Kier alpha value is -11.5. The minimum absolute atomic E-state index is 0.00937. The quantitative estimate of drug-likeness (QED) is 0.00727.